The lowest BCUT2D eigenvalue weighted by atomic mass is 10.1. The molecule has 22 heavy (non-hydrogen) atoms. The Morgan fingerprint density at radius 2 is 1.95 bits per heavy atom. The number of amides is 1. The molecule has 0 radical (unpaired) electrons. The van der Waals surface area contributed by atoms with Crippen LogP contribution in [0.1, 0.15) is 11.1 Å². The molecule has 0 unspecified atom stereocenters. The van der Waals surface area contributed by atoms with Crippen LogP contribution in [0.25, 0.3) is 0 Å². The van der Waals surface area contributed by atoms with Crippen molar-refractivity contribution in [2.75, 3.05) is 18.2 Å². The summed E-state index contributed by atoms with van der Waals surface area (Å²) in [5.74, 6) is 1.49. The second-order valence-electron chi connectivity index (χ2n) is 4.51. The van der Waals surface area contributed by atoms with Crippen LogP contribution in [0.4, 0.5) is 5.69 Å². The number of thioether (sulfide) groups is 1. The van der Waals surface area contributed by atoms with E-state index in [0.717, 1.165) is 5.56 Å². The standard InChI is InChI=1S/C17H16N2O2S/c1-21-16-9-5-4-8-15(16)19-17(20)12-22-11-14-7-3-2-6-13(14)10-18/h2-9H,11-12H2,1H3,(H,19,20). The molecular weight excluding hydrogens is 296 g/mol. The fourth-order valence-corrected chi connectivity index (χ4v) is 2.77. The number of nitrogens with one attached hydrogen (secondary N) is 1. The second kappa shape index (κ2) is 8.11. The lowest BCUT2D eigenvalue weighted by Crippen LogP contribution is -2.14. The van der Waals surface area contributed by atoms with Crippen molar-refractivity contribution in [3.63, 3.8) is 0 Å². The molecule has 0 bridgehead atoms. The third kappa shape index (κ3) is 4.27. The molecule has 2 aromatic rings. The SMILES string of the molecule is COc1ccccc1NC(=O)CSCc1ccccc1C#N. The predicted molar refractivity (Wildman–Crippen MR) is 88.9 cm³/mol. The molecule has 1 N–H and O–H groups in total. The highest BCUT2D eigenvalue weighted by atomic mass is 32.2. The quantitative estimate of drug-likeness (QED) is 0.887. The summed E-state index contributed by atoms with van der Waals surface area (Å²) in [6.45, 7) is 0. The monoisotopic (exact) mass is 312 g/mol. The molecular formula is C17H16N2O2S. The molecule has 4 nitrogen and oxygen atoms in total. The largest absolute Gasteiger partial charge is 0.495 e. The number of carbonyl (C=O) groups excluding carboxylic acids is 1. The third-order valence-electron chi connectivity index (χ3n) is 3.01. The molecule has 0 aliphatic heterocycles. The number of anilines is 1. The van der Waals surface area contributed by atoms with Crippen LogP contribution < -0.4 is 10.1 Å². The van der Waals surface area contributed by atoms with Crippen molar-refractivity contribution < 1.29 is 9.53 Å². The van der Waals surface area contributed by atoms with Crippen LogP contribution in [0.15, 0.2) is 48.5 Å². The Kier molecular flexibility index (Phi) is 5.87. The number of nitrogens with zero attached hydrogens (tertiary/aromatic N) is 1. The van der Waals surface area contributed by atoms with Crippen molar-refractivity contribution in [3.8, 4) is 11.8 Å². The van der Waals surface area contributed by atoms with E-state index >= 15 is 0 Å². The average molecular weight is 312 g/mol. The van der Waals surface area contributed by atoms with Gasteiger partial charge in [-0.25, -0.2) is 0 Å². The fourth-order valence-electron chi connectivity index (χ4n) is 1.94. The highest BCUT2D eigenvalue weighted by Gasteiger charge is 2.08. The molecule has 2 rings (SSSR count). The van der Waals surface area contributed by atoms with Gasteiger partial charge in [-0.2, -0.15) is 5.26 Å². The van der Waals surface area contributed by atoms with Crippen LogP contribution in [-0.4, -0.2) is 18.8 Å². The first-order valence-corrected chi connectivity index (χ1v) is 7.88. The van der Waals surface area contributed by atoms with Crippen molar-refractivity contribution in [1.29, 1.82) is 5.26 Å². The van der Waals surface area contributed by atoms with E-state index in [1.54, 1.807) is 25.3 Å². The van der Waals surface area contributed by atoms with Crippen LogP contribution in [-0.2, 0) is 10.5 Å². The van der Waals surface area contributed by atoms with Gasteiger partial charge in [-0.15, -0.1) is 11.8 Å². The molecule has 0 saturated heterocycles. The zero-order valence-corrected chi connectivity index (χ0v) is 13.0. The molecule has 1 amide bonds. The number of methoxy groups -OCH3 is 1. The van der Waals surface area contributed by atoms with Gasteiger partial charge in [0.05, 0.1) is 30.2 Å². The lowest BCUT2D eigenvalue weighted by molar-refractivity contribution is -0.113. The van der Waals surface area contributed by atoms with Gasteiger partial charge < -0.3 is 10.1 Å². The summed E-state index contributed by atoms with van der Waals surface area (Å²) < 4.78 is 5.19. The molecule has 0 fully saturated rings. The summed E-state index contributed by atoms with van der Waals surface area (Å²) in [6.07, 6.45) is 0. The van der Waals surface area contributed by atoms with Crippen molar-refractivity contribution in [2.45, 2.75) is 5.75 Å². The van der Waals surface area contributed by atoms with Gasteiger partial charge in [-0.1, -0.05) is 30.3 Å². The van der Waals surface area contributed by atoms with Gasteiger partial charge in [0.25, 0.3) is 0 Å². The smallest absolute Gasteiger partial charge is 0.234 e. The van der Waals surface area contributed by atoms with Crippen molar-refractivity contribution in [1.82, 2.24) is 0 Å². The van der Waals surface area contributed by atoms with E-state index in [1.165, 1.54) is 11.8 Å². The molecule has 0 heterocycles. The Balaban J connectivity index is 1.87. The summed E-state index contributed by atoms with van der Waals surface area (Å²) in [5.41, 5.74) is 2.26. The van der Waals surface area contributed by atoms with Crippen LogP contribution in [0, 0.1) is 11.3 Å². The molecule has 0 aliphatic rings. The number of hydrogen-bond donors (Lipinski definition) is 1. The summed E-state index contributed by atoms with van der Waals surface area (Å²) in [5, 5.41) is 11.9. The number of ether oxygens (including phenoxy) is 1. The van der Waals surface area contributed by atoms with Gasteiger partial charge in [0, 0.05) is 5.75 Å². The third-order valence-corrected chi connectivity index (χ3v) is 3.99. The number of benzene rings is 2. The second-order valence-corrected chi connectivity index (χ2v) is 5.50. The van der Waals surface area contributed by atoms with Crippen LogP contribution in [0.5, 0.6) is 5.75 Å². The molecule has 0 atom stereocenters. The van der Waals surface area contributed by atoms with E-state index in [9.17, 15) is 4.79 Å². The van der Waals surface area contributed by atoms with Crippen LogP contribution in [0.3, 0.4) is 0 Å². The van der Waals surface area contributed by atoms with Crippen molar-refractivity contribution >= 4 is 23.4 Å². The van der Waals surface area contributed by atoms with Gasteiger partial charge in [-0.05, 0) is 23.8 Å². The summed E-state index contributed by atoms with van der Waals surface area (Å²) >= 11 is 1.47. The maximum atomic E-state index is 12.0. The minimum absolute atomic E-state index is 0.0936. The Labute approximate surface area is 134 Å². The van der Waals surface area contributed by atoms with Gasteiger partial charge in [-0.3, -0.25) is 4.79 Å². The first-order valence-electron chi connectivity index (χ1n) is 6.73. The van der Waals surface area contributed by atoms with Crippen molar-refractivity contribution in [3.05, 3.63) is 59.7 Å². The lowest BCUT2D eigenvalue weighted by Gasteiger charge is -2.09. The van der Waals surface area contributed by atoms with E-state index in [2.05, 4.69) is 11.4 Å². The molecule has 112 valence electrons. The van der Waals surface area contributed by atoms with Gasteiger partial charge in [0.15, 0.2) is 0 Å². The minimum atomic E-state index is -0.0936. The van der Waals surface area contributed by atoms with E-state index in [1.807, 2.05) is 30.3 Å². The molecule has 2 aromatic carbocycles. The molecule has 0 aliphatic carbocycles. The fraction of sp³-hybridized carbons (Fsp3) is 0.176. The highest BCUT2D eigenvalue weighted by molar-refractivity contribution is 7.99. The van der Waals surface area contributed by atoms with Crippen LogP contribution >= 0.6 is 11.8 Å². The number of carbonyl (C=O) groups is 1. The average Bonchev–Trinajstić information content (AvgIpc) is 2.55. The normalized spacial score (nSPS) is 9.82. The molecule has 5 heteroatoms. The Bertz CT molecular complexity index is 695. The Hall–Kier alpha value is -2.45. The van der Waals surface area contributed by atoms with E-state index in [4.69, 9.17) is 10.00 Å². The zero-order valence-electron chi connectivity index (χ0n) is 12.2. The first-order chi connectivity index (χ1) is 10.7. The zero-order chi connectivity index (χ0) is 15.8. The Morgan fingerprint density at radius 3 is 2.73 bits per heavy atom. The van der Waals surface area contributed by atoms with Gasteiger partial charge in [0.1, 0.15) is 5.75 Å². The minimum Gasteiger partial charge on any atom is -0.495 e. The predicted octanol–water partition coefficient (Wildman–Crippen LogP) is 3.44. The van der Waals surface area contributed by atoms with E-state index in [0.29, 0.717) is 28.5 Å². The highest BCUT2D eigenvalue weighted by Crippen LogP contribution is 2.23. The van der Waals surface area contributed by atoms with Gasteiger partial charge >= 0.3 is 0 Å². The summed E-state index contributed by atoms with van der Waals surface area (Å²) in [4.78, 5) is 12.0. The molecule has 0 spiro atoms. The van der Waals surface area contributed by atoms with Crippen molar-refractivity contribution in [2.24, 2.45) is 0 Å². The van der Waals surface area contributed by atoms with E-state index in [-0.39, 0.29) is 5.91 Å². The first kappa shape index (κ1) is 15.9. The number of rotatable bonds is 6. The summed E-state index contributed by atoms with van der Waals surface area (Å²) in [6, 6.07) is 16.9. The van der Waals surface area contributed by atoms with Crippen LogP contribution in [0.2, 0.25) is 0 Å². The summed E-state index contributed by atoms with van der Waals surface area (Å²) in [7, 11) is 1.57. The molecule has 0 aromatic heterocycles. The number of para-hydroxylation sites is 2. The maximum absolute atomic E-state index is 12.0. The molecule has 0 saturated carbocycles. The van der Waals surface area contributed by atoms with E-state index < -0.39 is 0 Å². The maximum Gasteiger partial charge on any atom is 0.234 e. The Morgan fingerprint density at radius 1 is 1.23 bits per heavy atom. The topological polar surface area (TPSA) is 62.1 Å². The van der Waals surface area contributed by atoms with Gasteiger partial charge in [0.2, 0.25) is 5.91 Å². The number of nitriles is 1. The number of hydrogen-bond acceptors (Lipinski definition) is 4.